The average molecular weight is 294 g/mol. The van der Waals surface area contributed by atoms with Crippen molar-refractivity contribution in [1.82, 2.24) is 5.32 Å². The van der Waals surface area contributed by atoms with E-state index in [1.54, 1.807) is 0 Å². The first-order chi connectivity index (χ1) is 8.20. The van der Waals surface area contributed by atoms with Crippen LogP contribution in [-0.2, 0) is 0 Å². The second-order valence-electron chi connectivity index (χ2n) is 4.45. The van der Waals surface area contributed by atoms with E-state index in [1.807, 2.05) is 25.2 Å². The summed E-state index contributed by atoms with van der Waals surface area (Å²) in [5.74, 6) is 0. The third kappa shape index (κ3) is 2.99. The molecule has 1 aromatic rings. The molecule has 0 aromatic heterocycles. The molecule has 1 unspecified atom stereocenters. The molecule has 0 aliphatic carbocycles. The zero-order valence-corrected chi connectivity index (χ0v) is 11.5. The molecule has 1 heterocycles. The number of rotatable bonds is 3. The van der Waals surface area contributed by atoms with Crippen LogP contribution in [0.25, 0.3) is 0 Å². The van der Waals surface area contributed by atoms with Crippen molar-refractivity contribution in [3.8, 4) is 6.07 Å². The van der Waals surface area contributed by atoms with E-state index in [-0.39, 0.29) is 0 Å². The van der Waals surface area contributed by atoms with Gasteiger partial charge in [0.25, 0.3) is 0 Å². The summed E-state index contributed by atoms with van der Waals surface area (Å²) in [7, 11) is 2.05. The molecule has 0 amide bonds. The molecule has 1 atom stereocenters. The molecule has 0 radical (unpaired) electrons. The Balaban J connectivity index is 2.12. The summed E-state index contributed by atoms with van der Waals surface area (Å²) in [5, 5.41) is 12.6. The second kappa shape index (κ2) is 5.52. The molecule has 2 rings (SSSR count). The Hall–Kier alpha value is -1.05. The largest absolute Gasteiger partial charge is 0.372 e. The summed E-state index contributed by atoms with van der Waals surface area (Å²) in [5.41, 5.74) is 1.73. The van der Waals surface area contributed by atoms with E-state index >= 15 is 0 Å². The highest BCUT2D eigenvalue weighted by molar-refractivity contribution is 9.10. The number of nitriles is 1. The number of anilines is 1. The number of nitrogens with one attached hydrogen (secondary N) is 1. The molecule has 1 aromatic carbocycles. The molecule has 0 spiro atoms. The lowest BCUT2D eigenvalue weighted by molar-refractivity contribution is 0.599. The lowest BCUT2D eigenvalue weighted by Gasteiger charge is -2.24. The Kier molecular flexibility index (Phi) is 4.03. The maximum Gasteiger partial charge on any atom is 0.101 e. The molecule has 0 bridgehead atoms. The van der Waals surface area contributed by atoms with Gasteiger partial charge in [0, 0.05) is 24.1 Å². The van der Waals surface area contributed by atoms with E-state index in [1.165, 1.54) is 12.8 Å². The Labute approximate surface area is 111 Å². The quantitative estimate of drug-likeness (QED) is 0.931. The number of likely N-dealkylation sites (N-methyl/N-ethyl adjacent to an activating group) is 1. The maximum absolute atomic E-state index is 9.14. The zero-order valence-electron chi connectivity index (χ0n) is 9.91. The fourth-order valence-corrected chi connectivity index (χ4v) is 2.63. The summed E-state index contributed by atoms with van der Waals surface area (Å²) in [6.07, 6.45) is 2.48. The van der Waals surface area contributed by atoms with Crippen LogP contribution in [0.4, 0.5) is 5.69 Å². The minimum atomic E-state index is 0.551. The predicted molar refractivity (Wildman–Crippen MR) is 73.2 cm³/mol. The molecule has 4 heteroatoms. The van der Waals surface area contributed by atoms with Crippen LogP contribution in [-0.4, -0.2) is 26.2 Å². The Bertz CT molecular complexity index is 433. The summed E-state index contributed by atoms with van der Waals surface area (Å²) in [6.45, 7) is 2.07. The van der Waals surface area contributed by atoms with Crippen molar-refractivity contribution in [3.05, 3.63) is 28.2 Å². The zero-order chi connectivity index (χ0) is 12.3. The first-order valence-corrected chi connectivity index (χ1v) is 6.64. The Morgan fingerprint density at radius 2 is 2.41 bits per heavy atom. The van der Waals surface area contributed by atoms with Gasteiger partial charge >= 0.3 is 0 Å². The number of benzene rings is 1. The van der Waals surface area contributed by atoms with Gasteiger partial charge in [-0.2, -0.15) is 5.26 Å². The standard InChI is InChI=1S/C13H16BrN3/c1-17(9-12-3-2-6-16-12)13-5-4-11(14)7-10(13)8-15/h4-5,7,12,16H,2-3,6,9H2,1H3. The van der Waals surface area contributed by atoms with Crippen molar-refractivity contribution >= 4 is 21.6 Å². The molecule has 3 nitrogen and oxygen atoms in total. The smallest absolute Gasteiger partial charge is 0.101 e. The van der Waals surface area contributed by atoms with Gasteiger partial charge in [0.1, 0.15) is 6.07 Å². The lowest BCUT2D eigenvalue weighted by Crippen LogP contribution is -2.35. The van der Waals surface area contributed by atoms with Crippen LogP contribution in [0.1, 0.15) is 18.4 Å². The van der Waals surface area contributed by atoms with Crippen LogP contribution < -0.4 is 10.2 Å². The first-order valence-electron chi connectivity index (χ1n) is 5.85. The van der Waals surface area contributed by atoms with Gasteiger partial charge in [0.2, 0.25) is 0 Å². The van der Waals surface area contributed by atoms with Gasteiger partial charge in [-0.15, -0.1) is 0 Å². The van der Waals surface area contributed by atoms with E-state index in [0.29, 0.717) is 6.04 Å². The van der Waals surface area contributed by atoms with Crippen molar-refractivity contribution in [1.29, 1.82) is 5.26 Å². The van der Waals surface area contributed by atoms with E-state index in [9.17, 15) is 0 Å². The predicted octanol–water partition coefficient (Wildman–Crippen LogP) is 2.51. The molecular formula is C13H16BrN3. The molecule has 1 N–H and O–H groups in total. The van der Waals surface area contributed by atoms with Crippen LogP contribution in [0.15, 0.2) is 22.7 Å². The van der Waals surface area contributed by atoms with Crippen molar-refractivity contribution in [2.75, 3.05) is 25.0 Å². The third-order valence-corrected chi connectivity index (χ3v) is 3.64. The highest BCUT2D eigenvalue weighted by Gasteiger charge is 2.17. The summed E-state index contributed by atoms with van der Waals surface area (Å²) in [4.78, 5) is 2.16. The molecular weight excluding hydrogens is 278 g/mol. The van der Waals surface area contributed by atoms with Gasteiger partial charge in [-0.05, 0) is 37.6 Å². The highest BCUT2D eigenvalue weighted by atomic mass is 79.9. The van der Waals surface area contributed by atoms with E-state index in [4.69, 9.17) is 5.26 Å². The number of hydrogen-bond donors (Lipinski definition) is 1. The van der Waals surface area contributed by atoms with Gasteiger partial charge in [-0.1, -0.05) is 15.9 Å². The van der Waals surface area contributed by atoms with Gasteiger partial charge in [0.15, 0.2) is 0 Å². The lowest BCUT2D eigenvalue weighted by atomic mass is 10.1. The molecule has 1 aliphatic rings. The number of halogens is 1. The van der Waals surface area contributed by atoms with Crippen molar-refractivity contribution in [3.63, 3.8) is 0 Å². The van der Waals surface area contributed by atoms with Crippen LogP contribution in [0, 0.1) is 11.3 Å². The second-order valence-corrected chi connectivity index (χ2v) is 5.36. The molecule has 1 fully saturated rings. The van der Waals surface area contributed by atoms with Crippen LogP contribution in [0.2, 0.25) is 0 Å². The minimum Gasteiger partial charge on any atom is -0.372 e. The number of hydrogen-bond acceptors (Lipinski definition) is 3. The Morgan fingerprint density at radius 3 is 3.06 bits per heavy atom. The third-order valence-electron chi connectivity index (χ3n) is 3.15. The monoisotopic (exact) mass is 293 g/mol. The van der Waals surface area contributed by atoms with Gasteiger partial charge in [-0.25, -0.2) is 0 Å². The average Bonchev–Trinajstić information content (AvgIpc) is 2.81. The van der Waals surface area contributed by atoms with Crippen molar-refractivity contribution < 1.29 is 0 Å². The SMILES string of the molecule is CN(CC1CCCN1)c1ccc(Br)cc1C#N. The van der Waals surface area contributed by atoms with Crippen molar-refractivity contribution in [2.24, 2.45) is 0 Å². The van der Waals surface area contributed by atoms with Gasteiger partial charge in [0.05, 0.1) is 11.3 Å². The van der Waals surface area contributed by atoms with Crippen LogP contribution >= 0.6 is 15.9 Å². The minimum absolute atomic E-state index is 0.551. The molecule has 1 saturated heterocycles. The maximum atomic E-state index is 9.14. The summed E-state index contributed by atoms with van der Waals surface area (Å²) < 4.78 is 0.949. The topological polar surface area (TPSA) is 39.1 Å². The first kappa shape index (κ1) is 12.4. The summed E-state index contributed by atoms with van der Waals surface area (Å²) >= 11 is 3.39. The van der Waals surface area contributed by atoms with Crippen LogP contribution in [0.5, 0.6) is 0 Å². The van der Waals surface area contributed by atoms with Crippen LogP contribution in [0.3, 0.4) is 0 Å². The van der Waals surface area contributed by atoms with Gasteiger partial charge < -0.3 is 10.2 Å². The molecule has 0 saturated carbocycles. The fraction of sp³-hybridized carbons (Fsp3) is 0.462. The molecule has 17 heavy (non-hydrogen) atoms. The van der Waals surface area contributed by atoms with Gasteiger partial charge in [-0.3, -0.25) is 0 Å². The van der Waals surface area contributed by atoms with E-state index in [0.717, 1.165) is 28.8 Å². The van der Waals surface area contributed by atoms with E-state index in [2.05, 4.69) is 32.2 Å². The normalized spacial score (nSPS) is 19.0. The van der Waals surface area contributed by atoms with Crippen molar-refractivity contribution in [2.45, 2.75) is 18.9 Å². The van der Waals surface area contributed by atoms with E-state index < -0.39 is 0 Å². The Morgan fingerprint density at radius 1 is 1.59 bits per heavy atom. The molecule has 1 aliphatic heterocycles. The molecule has 90 valence electrons. The number of nitrogens with zero attached hydrogens (tertiary/aromatic N) is 2. The fourth-order valence-electron chi connectivity index (χ4n) is 2.27. The summed E-state index contributed by atoms with van der Waals surface area (Å²) in [6, 6.07) is 8.65. The highest BCUT2D eigenvalue weighted by Crippen LogP contribution is 2.23.